The first-order chi connectivity index (χ1) is 14.1. The number of rotatable bonds is 1. The van der Waals surface area contributed by atoms with Crippen LogP contribution in [0.5, 0.6) is 11.5 Å². The number of likely N-dealkylation sites (N-methyl/N-ethyl adjacent to an activating group) is 1. The van der Waals surface area contributed by atoms with E-state index in [1.807, 2.05) is 24.3 Å². The largest absolute Gasteiger partial charge is 0.454 e. The number of carbonyl (C=O) groups excluding carboxylic acids is 2. The van der Waals surface area contributed by atoms with Crippen molar-refractivity contribution in [3.8, 4) is 11.5 Å². The zero-order valence-corrected chi connectivity index (χ0v) is 15.8. The van der Waals surface area contributed by atoms with Gasteiger partial charge in [-0.2, -0.15) is 0 Å². The molecular formula is C22H19N3O4. The predicted molar refractivity (Wildman–Crippen MR) is 104 cm³/mol. The van der Waals surface area contributed by atoms with E-state index in [9.17, 15) is 9.59 Å². The Morgan fingerprint density at radius 1 is 1.03 bits per heavy atom. The molecule has 1 N–H and O–H groups in total. The number of ether oxygens (including phenoxy) is 2. The summed E-state index contributed by atoms with van der Waals surface area (Å²) in [5.41, 5.74) is 3.92. The summed E-state index contributed by atoms with van der Waals surface area (Å²) in [7, 11) is 1.71. The van der Waals surface area contributed by atoms with Gasteiger partial charge in [0.25, 0.3) is 5.91 Å². The van der Waals surface area contributed by atoms with Crippen LogP contribution in [0.3, 0.4) is 0 Å². The van der Waals surface area contributed by atoms with Crippen LogP contribution < -0.4 is 9.47 Å². The number of aromatic amines is 1. The molecule has 2 aromatic carbocycles. The Balaban J connectivity index is 1.41. The van der Waals surface area contributed by atoms with Crippen molar-refractivity contribution in [2.75, 3.05) is 13.8 Å². The van der Waals surface area contributed by atoms with Crippen molar-refractivity contribution in [2.24, 2.45) is 0 Å². The number of hydrogen-bond donors (Lipinski definition) is 1. The van der Waals surface area contributed by atoms with E-state index >= 15 is 0 Å². The number of aromatic nitrogens is 1. The Kier molecular flexibility index (Phi) is 3.27. The zero-order valence-electron chi connectivity index (χ0n) is 15.8. The van der Waals surface area contributed by atoms with Gasteiger partial charge >= 0.3 is 0 Å². The highest BCUT2D eigenvalue weighted by molar-refractivity contribution is 5.99. The van der Waals surface area contributed by atoms with Gasteiger partial charge in [-0.1, -0.05) is 24.3 Å². The van der Waals surface area contributed by atoms with E-state index in [-0.39, 0.29) is 18.6 Å². The number of fused-ring (bicyclic) bond motifs is 5. The zero-order chi connectivity index (χ0) is 19.7. The molecule has 0 spiro atoms. The number of carbonyl (C=O) groups is 2. The quantitative estimate of drug-likeness (QED) is 0.693. The van der Waals surface area contributed by atoms with Crippen LogP contribution >= 0.6 is 0 Å². The van der Waals surface area contributed by atoms with Gasteiger partial charge in [0.05, 0.1) is 6.54 Å². The summed E-state index contributed by atoms with van der Waals surface area (Å²) >= 11 is 0. The fourth-order valence-electron chi connectivity index (χ4n) is 4.79. The van der Waals surface area contributed by atoms with Crippen molar-refractivity contribution in [2.45, 2.75) is 25.0 Å². The van der Waals surface area contributed by atoms with Crippen LogP contribution in [0.15, 0.2) is 42.5 Å². The highest BCUT2D eigenvalue weighted by Crippen LogP contribution is 2.40. The van der Waals surface area contributed by atoms with E-state index in [1.54, 1.807) is 29.0 Å². The van der Waals surface area contributed by atoms with Crippen molar-refractivity contribution in [3.63, 3.8) is 0 Å². The van der Waals surface area contributed by atoms with E-state index in [0.29, 0.717) is 24.5 Å². The molecule has 1 saturated heterocycles. The van der Waals surface area contributed by atoms with Gasteiger partial charge in [0.2, 0.25) is 12.7 Å². The second-order valence-corrected chi connectivity index (χ2v) is 7.78. The molecule has 146 valence electrons. The lowest BCUT2D eigenvalue weighted by Gasteiger charge is -2.45. The molecule has 4 heterocycles. The second kappa shape index (κ2) is 5.76. The van der Waals surface area contributed by atoms with Crippen LogP contribution in [0.25, 0.3) is 10.9 Å². The highest BCUT2D eigenvalue weighted by atomic mass is 16.7. The Bertz CT molecular complexity index is 1180. The summed E-state index contributed by atoms with van der Waals surface area (Å²) in [5, 5.41) is 1.13. The Morgan fingerprint density at radius 2 is 1.86 bits per heavy atom. The number of H-pyrrole nitrogens is 1. The molecule has 7 heteroatoms. The molecule has 0 radical (unpaired) electrons. The number of benzene rings is 2. The van der Waals surface area contributed by atoms with Gasteiger partial charge in [-0.15, -0.1) is 0 Å². The van der Waals surface area contributed by atoms with Gasteiger partial charge < -0.3 is 24.3 Å². The first-order valence-electron chi connectivity index (χ1n) is 9.67. The number of nitrogens with zero attached hydrogens (tertiary/aromatic N) is 2. The number of amides is 2. The van der Waals surface area contributed by atoms with Crippen molar-refractivity contribution in [1.29, 1.82) is 0 Å². The van der Waals surface area contributed by atoms with Crippen LogP contribution in [0.2, 0.25) is 0 Å². The summed E-state index contributed by atoms with van der Waals surface area (Å²) in [5.74, 6) is 1.16. The van der Waals surface area contributed by atoms with Crippen LogP contribution in [-0.4, -0.2) is 46.5 Å². The van der Waals surface area contributed by atoms with E-state index in [2.05, 4.69) is 11.1 Å². The minimum atomic E-state index is -0.667. The van der Waals surface area contributed by atoms with Crippen LogP contribution in [0.4, 0.5) is 0 Å². The summed E-state index contributed by atoms with van der Waals surface area (Å²) in [6, 6.07) is 12.4. The lowest BCUT2D eigenvalue weighted by molar-refractivity contribution is -0.162. The first kappa shape index (κ1) is 16.5. The van der Waals surface area contributed by atoms with Crippen molar-refractivity contribution in [1.82, 2.24) is 14.8 Å². The SMILES string of the molecule is CN1C(=O)[C@H]2Cc3c([nH]c4ccccc34)CN2C(=O)[C@@H]1c1ccc2c(c1)OCO2. The summed E-state index contributed by atoms with van der Waals surface area (Å²) in [6.45, 7) is 0.581. The minimum Gasteiger partial charge on any atom is -0.454 e. The third-order valence-electron chi connectivity index (χ3n) is 6.25. The molecule has 3 aliphatic rings. The smallest absolute Gasteiger partial charge is 0.251 e. The fraction of sp³-hybridized carbons (Fsp3) is 0.273. The van der Waals surface area contributed by atoms with Crippen molar-refractivity contribution >= 4 is 22.7 Å². The molecule has 7 nitrogen and oxygen atoms in total. The van der Waals surface area contributed by atoms with E-state index < -0.39 is 12.1 Å². The molecule has 0 aliphatic carbocycles. The number of nitrogens with one attached hydrogen (secondary N) is 1. The van der Waals surface area contributed by atoms with Gasteiger partial charge in [0.15, 0.2) is 11.5 Å². The Labute approximate surface area is 166 Å². The molecule has 2 amide bonds. The van der Waals surface area contributed by atoms with Gasteiger partial charge in [-0.25, -0.2) is 0 Å². The van der Waals surface area contributed by atoms with Crippen molar-refractivity contribution < 1.29 is 19.1 Å². The highest BCUT2D eigenvalue weighted by Gasteiger charge is 2.47. The van der Waals surface area contributed by atoms with E-state index in [0.717, 1.165) is 27.7 Å². The lowest BCUT2D eigenvalue weighted by atomic mass is 9.90. The molecule has 3 aromatic rings. The van der Waals surface area contributed by atoms with Crippen LogP contribution in [-0.2, 0) is 22.6 Å². The molecule has 1 aromatic heterocycles. The lowest BCUT2D eigenvalue weighted by Crippen LogP contribution is -2.61. The van der Waals surface area contributed by atoms with Crippen molar-refractivity contribution in [3.05, 3.63) is 59.3 Å². The maximum Gasteiger partial charge on any atom is 0.251 e. The van der Waals surface area contributed by atoms with Gasteiger partial charge in [0, 0.05) is 30.1 Å². The predicted octanol–water partition coefficient (Wildman–Crippen LogP) is 2.36. The monoisotopic (exact) mass is 389 g/mol. The normalized spacial score (nSPS) is 22.8. The van der Waals surface area contributed by atoms with Gasteiger partial charge in [-0.05, 0) is 29.3 Å². The molecule has 0 saturated carbocycles. The fourth-order valence-corrected chi connectivity index (χ4v) is 4.79. The number of para-hydroxylation sites is 1. The number of hydrogen-bond acceptors (Lipinski definition) is 4. The Morgan fingerprint density at radius 3 is 2.76 bits per heavy atom. The van der Waals surface area contributed by atoms with Gasteiger partial charge in [0.1, 0.15) is 12.1 Å². The molecule has 1 fully saturated rings. The van der Waals surface area contributed by atoms with Gasteiger partial charge in [-0.3, -0.25) is 9.59 Å². The molecule has 6 rings (SSSR count). The Hall–Kier alpha value is -3.48. The standard InChI is InChI=1S/C22H19N3O4/c1-24-20(12-6-7-18-19(8-12)29-11-28-18)22(27)25-10-16-14(9-17(25)21(24)26)13-4-2-3-5-15(13)23-16/h2-8,17,20,23H,9-11H2,1H3/t17-,20+/m1/s1. The average molecular weight is 389 g/mol. The second-order valence-electron chi connectivity index (χ2n) is 7.78. The average Bonchev–Trinajstić information content (AvgIpc) is 3.35. The molecule has 3 aliphatic heterocycles. The van der Waals surface area contributed by atoms with E-state index in [4.69, 9.17) is 9.47 Å². The maximum absolute atomic E-state index is 13.5. The molecular weight excluding hydrogens is 370 g/mol. The summed E-state index contributed by atoms with van der Waals surface area (Å²) in [6.07, 6.45) is 0.530. The topological polar surface area (TPSA) is 74.9 Å². The summed E-state index contributed by atoms with van der Waals surface area (Å²) in [4.78, 5) is 33.5. The van der Waals surface area contributed by atoms with Crippen LogP contribution in [0, 0.1) is 0 Å². The van der Waals surface area contributed by atoms with Crippen LogP contribution in [0.1, 0.15) is 22.9 Å². The molecule has 2 atom stereocenters. The molecule has 29 heavy (non-hydrogen) atoms. The third-order valence-corrected chi connectivity index (χ3v) is 6.25. The molecule has 0 unspecified atom stereocenters. The molecule has 0 bridgehead atoms. The minimum absolute atomic E-state index is 0.0387. The van der Waals surface area contributed by atoms with E-state index in [1.165, 1.54) is 0 Å². The first-order valence-corrected chi connectivity index (χ1v) is 9.67. The maximum atomic E-state index is 13.5. The summed E-state index contributed by atoms with van der Waals surface area (Å²) < 4.78 is 10.8. The third kappa shape index (κ3) is 2.24. The number of piperazine rings is 1.